The molecule has 2 fully saturated rings. The highest BCUT2D eigenvalue weighted by Crippen LogP contribution is 2.48. The van der Waals surface area contributed by atoms with Gasteiger partial charge in [0.1, 0.15) is 29.0 Å². The van der Waals surface area contributed by atoms with Crippen LogP contribution < -0.4 is 20.1 Å². The maximum atomic E-state index is 14.6. The monoisotopic (exact) mass is 632 g/mol. The van der Waals surface area contributed by atoms with Gasteiger partial charge in [-0.25, -0.2) is 13.6 Å². The van der Waals surface area contributed by atoms with E-state index in [1.54, 1.807) is 27.7 Å². The van der Waals surface area contributed by atoms with Crippen LogP contribution in [0.3, 0.4) is 0 Å². The summed E-state index contributed by atoms with van der Waals surface area (Å²) in [7, 11) is 0. The number of alkyl carbamates (subject to hydrolysis) is 1. The van der Waals surface area contributed by atoms with Crippen LogP contribution in [-0.4, -0.2) is 29.7 Å². The molecule has 2 aliphatic carbocycles. The van der Waals surface area contributed by atoms with Gasteiger partial charge in [-0.1, -0.05) is 0 Å². The summed E-state index contributed by atoms with van der Waals surface area (Å²) in [5.74, 6) is -2.61. The number of hydrogen-bond donors (Lipinski definition) is 2. The van der Waals surface area contributed by atoms with E-state index in [0.29, 0.717) is 31.2 Å². The molecular formula is C33H33F5N2O5. The van der Waals surface area contributed by atoms with E-state index in [0.717, 1.165) is 18.2 Å². The lowest BCUT2D eigenvalue weighted by Gasteiger charge is -2.36. The van der Waals surface area contributed by atoms with E-state index in [4.69, 9.17) is 14.2 Å². The average molecular weight is 633 g/mol. The Balaban J connectivity index is 1.35. The Hall–Kier alpha value is -4.35. The van der Waals surface area contributed by atoms with Gasteiger partial charge in [-0.2, -0.15) is 13.2 Å². The summed E-state index contributed by atoms with van der Waals surface area (Å²) >= 11 is 0. The van der Waals surface area contributed by atoms with E-state index in [9.17, 15) is 31.5 Å². The summed E-state index contributed by atoms with van der Waals surface area (Å²) in [5, 5.41) is 5.23. The third-order valence-electron chi connectivity index (χ3n) is 7.37. The van der Waals surface area contributed by atoms with E-state index in [1.165, 1.54) is 30.3 Å². The molecule has 2 saturated carbocycles. The fourth-order valence-electron chi connectivity index (χ4n) is 4.98. The Bertz CT molecular complexity index is 1610. The van der Waals surface area contributed by atoms with Crippen LogP contribution in [0, 0.1) is 18.6 Å². The van der Waals surface area contributed by atoms with Crippen LogP contribution in [-0.2, 0) is 10.9 Å². The summed E-state index contributed by atoms with van der Waals surface area (Å²) in [6.07, 6.45) is -3.79. The third-order valence-corrected chi connectivity index (χ3v) is 7.37. The molecule has 0 saturated heterocycles. The van der Waals surface area contributed by atoms with Crippen LogP contribution in [0.5, 0.6) is 17.2 Å². The van der Waals surface area contributed by atoms with Crippen LogP contribution in [0.2, 0.25) is 0 Å². The predicted octanol–water partition coefficient (Wildman–Crippen LogP) is 8.65. The number of carbonyl (C=O) groups is 2. The highest BCUT2D eigenvalue weighted by atomic mass is 19.4. The van der Waals surface area contributed by atoms with Gasteiger partial charge in [0, 0.05) is 30.6 Å². The smallest absolute Gasteiger partial charge is 0.416 e. The van der Waals surface area contributed by atoms with Crippen molar-refractivity contribution in [1.29, 1.82) is 0 Å². The van der Waals surface area contributed by atoms with E-state index >= 15 is 0 Å². The summed E-state index contributed by atoms with van der Waals surface area (Å²) in [4.78, 5) is 25.4. The molecule has 12 heteroatoms. The van der Waals surface area contributed by atoms with Crippen molar-refractivity contribution in [2.24, 2.45) is 0 Å². The second-order valence-electron chi connectivity index (χ2n) is 12.4. The second-order valence-corrected chi connectivity index (χ2v) is 12.4. The highest BCUT2D eigenvalue weighted by Gasteiger charge is 2.40. The van der Waals surface area contributed by atoms with Gasteiger partial charge in [0.05, 0.1) is 11.1 Å². The van der Waals surface area contributed by atoms with Crippen molar-refractivity contribution in [3.63, 3.8) is 0 Å². The maximum absolute atomic E-state index is 14.6. The molecule has 0 aliphatic heterocycles. The molecule has 0 spiro atoms. The molecule has 2 amide bonds. The Morgan fingerprint density at radius 3 is 2.22 bits per heavy atom. The molecule has 2 N–H and O–H groups in total. The average Bonchev–Trinajstić information content (AvgIpc) is 3.74. The number of amides is 2. The topological polar surface area (TPSA) is 85.9 Å². The van der Waals surface area contributed by atoms with Gasteiger partial charge in [-0.3, -0.25) is 4.79 Å². The molecule has 2 aliphatic rings. The lowest BCUT2D eigenvalue weighted by atomic mass is 9.89. The zero-order valence-electron chi connectivity index (χ0n) is 25.1. The van der Waals surface area contributed by atoms with Crippen molar-refractivity contribution < 1.29 is 45.8 Å². The summed E-state index contributed by atoms with van der Waals surface area (Å²) in [6, 6.07) is 8.98. The Kier molecular flexibility index (Phi) is 8.70. The summed E-state index contributed by atoms with van der Waals surface area (Å²) < 4.78 is 87.5. The van der Waals surface area contributed by atoms with E-state index in [1.807, 2.05) is 0 Å². The molecule has 0 atom stereocenters. The predicted molar refractivity (Wildman–Crippen MR) is 156 cm³/mol. The van der Waals surface area contributed by atoms with Gasteiger partial charge in [0.25, 0.3) is 5.91 Å². The van der Waals surface area contributed by atoms with E-state index < -0.39 is 52.6 Å². The summed E-state index contributed by atoms with van der Waals surface area (Å²) in [6.45, 7) is 6.80. The maximum Gasteiger partial charge on any atom is 0.416 e. The molecule has 3 aromatic rings. The first kappa shape index (κ1) is 32.1. The zero-order valence-corrected chi connectivity index (χ0v) is 25.1. The minimum Gasteiger partial charge on any atom is -0.487 e. The number of aryl methyl sites for hydroxylation is 1. The van der Waals surface area contributed by atoms with E-state index in [-0.39, 0.29) is 40.5 Å². The molecule has 240 valence electrons. The Labute approximate surface area is 257 Å². The van der Waals surface area contributed by atoms with Gasteiger partial charge >= 0.3 is 12.3 Å². The number of halogens is 5. The van der Waals surface area contributed by atoms with Crippen molar-refractivity contribution in [2.45, 2.75) is 83.2 Å². The summed E-state index contributed by atoms with van der Waals surface area (Å²) in [5.41, 5.74) is -1.53. The molecule has 3 aromatic carbocycles. The first-order valence-corrected chi connectivity index (χ1v) is 14.5. The van der Waals surface area contributed by atoms with Crippen molar-refractivity contribution in [2.75, 3.05) is 5.32 Å². The normalized spacial score (nSPS) is 18.1. The Morgan fingerprint density at radius 1 is 0.889 bits per heavy atom. The largest absolute Gasteiger partial charge is 0.487 e. The van der Waals surface area contributed by atoms with Crippen LogP contribution in [0.4, 0.5) is 32.4 Å². The molecular weight excluding hydrogens is 599 g/mol. The number of ether oxygens (including phenoxy) is 3. The van der Waals surface area contributed by atoms with Gasteiger partial charge in [-0.05, 0) is 100 Å². The quantitative estimate of drug-likeness (QED) is 0.243. The first-order chi connectivity index (χ1) is 21.1. The zero-order chi connectivity index (χ0) is 32.7. The fourth-order valence-corrected chi connectivity index (χ4v) is 4.98. The van der Waals surface area contributed by atoms with Crippen LogP contribution in [0.15, 0.2) is 48.5 Å². The fraction of sp³-hybridized carbons (Fsp3) is 0.394. The van der Waals surface area contributed by atoms with Crippen molar-refractivity contribution >= 4 is 17.7 Å². The highest BCUT2D eigenvalue weighted by molar-refractivity contribution is 6.06. The minimum absolute atomic E-state index is 0.0197. The Morgan fingerprint density at radius 2 is 1.60 bits per heavy atom. The van der Waals surface area contributed by atoms with Gasteiger partial charge in [-0.15, -0.1) is 0 Å². The lowest BCUT2D eigenvalue weighted by molar-refractivity contribution is -0.138. The second kappa shape index (κ2) is 12.2. The van der Waals surface area contributed by atoms with Crippen LogP contribution >= 0.6 is 0 Å². The van der Waals surface area contributed by atoms with Gasteiger partial charge in [0.2, 0.25) is 0 Å². The molecule has 0 bridgehead atoms. The van der Waals surface area contributed by atoms with E-state index in [2.05, 4.69) is 10.6 Å². The van der Waals surface area contributed by atoms with Gasteiger partial charge < -0.3 is 24.8 Å². The number of benzene rings is 3. The van der Waals surface area contributed by atoms with Crippen molar-refractivity contribution in [1.82, 2.24) is 5.32 Å². The number of nitrogens with one attached hydrogen (secondary N) is 2. The molecule has 5 rings (SSSR count). The number of rotatable bonds is 8. The van der Waals surface area contributed by atoms with Crippen molar-refractivity contribution in [3.8, 4) is 17.2 Å². The number of alkyl halides is 3. The number of anilines is 1. The molecule has 0 radical (unpaired) electrons. The molecule has 0 aromatic heterocycles. The number of hydrogen-bond acceptors (Lipinski definition) is 5. The molecule has 0 unspecified atom stereocenters. The molecule has 45 heavy (non-hydrogen) atoms. The van der Waals surface area contributed by atoms with Crippen LogP contribution in [0.1, 0.15) is 79.4 Å². The molecule has 7 nitrogen and oxygen atoms in total. The van der Waals surface area contributed by atoms with Crippen molar-refractivity contribution in [3.05, 3.63) is 82.4 Å². The van der Waals surface area contributed by atoms with Gasteiger partial charge in [0.15, 0.2) is 11.6 Å². The van der Waals surface area contributed by atoms with Crippen LogP contribution in [0.25, 0.3) is 0 Å². The standard InChI is InChI=1S/C33H33F5N2O5/c1-17-11-19(34)7-10-27(17)44-28-16-23(18-5-6-18)25(33(36,37)38)15-24(28)30(41)39-20-8-9-26(35)29(14-20)43-22-12-21(13-22)40-31(42)45-32(2,3)4/h7-11,14-16,18,21-22H,5-6,12-13H2,1-4H3,(H,39,41)(H,40,42). The lowest BCUT2D eigenvalue weighted by Crippen LogP contribution is -2.50. The SMILES string of the molecule is Cc1cc(F)ccc1Oc1cc(C2CC2)c(C(F)(F)F)cc1C(=O)Nc1ccc(F)c(OC2CC(NC(=O)OC(C)(C)C)C2)c1. The minimum atomic E-state index is -4.73. The first-order valence-electron chi connectivity index (χ1n) is 14.5. The molecule has 0 heterocycles. The third kappa shape index (κ3) is 8.03. The number of carbonyl (C=O) groups excluding carboxylic acids is 2.